The molecule has 0 bridgehead atoms. The number of rotatable bonds is 3. The molecule has 0 spiro atoms. The normalized spacial score (nSPS) is 10.5. The zero-order chi connectivity index (χ0) is 8.10. The summed E-state index contributed by atoms with van der Waals surface area (Å²) in [6.45, 7) is 2.24. The smallest absolute Gasteiger partial charge is 0.387 e. The molecule has 0 aliphatic rings. The van der Waals surface area contributed by atoms with Crippen molar-refractivity contribution in [2.75, 3.05) is 6.61 Å². The Bertz CT molecular complexity index is 203. The van der Waals surface area contributed by atoms with E-state index in [9.17, 15) is 4.11 Å². The van der Waals surface area contributed by atoms with E-state index in [1.54, 1.807) is 19.1 Å². The van der Waals surface area contributed by atoms with Crippen LogP contribution in [0.5, 0.6) is 0 Å². The maximum absolute atomic E-state index is 13.0. The van der Waals surface area contributed by atoms with Gasteiger partial charge in [-0.2, -0.15) is 0 Å². The first-order valence-corrected chi connectivity index (χ1v) is 4.84. The van der Waals surface area contributed by atoms with Crippen LogP contribution < -0.4 is 5.19 Å². The van der Waals surface area contributed by atoms with Gasteiger partial charge in [0.05, 0.1) is 0 Å². The van der Waals surface area contributed by atoms with Crippen LogP contribution in [0.15, 0.2) is 30.3 Å². The summed E-state index contributed by atoms with van der Waals surface area (Å²) in [5.41, 5.74) is 0. The fraction of sp³-hybridized carbons (Fsp3) is 0.250. The van der Waals surface area contributed by atoms with Gasteiger partial charge in [-0.1, -0.05) is 30.3 Å². The Balaban J connectivity index is 2.61. The number of halogens is 1. The maximum atomic E-state index is 13.0. The molecule has 0 heterocycles. The van der Waals surface area contributed by atoms with E-state index in [2.05, 4.69) is 0 Å². The van der Waals surface area contributed by atoms with E-state index < -0.39 is 9.37 Å². The Morgan fingerprint density at radius 2 is 2.00 bits per heavy atom. The molecule has 0 aromatic heterocycles. The lowest BCUT2D eigenvalue weighted by Crippen LogP contribution is -2.28. The molecule has 1 aromatic rings. The van der Waals surface area contributed by atoms with E-state index in [1.165, 1.54) is 0 Å². The van der Waals surface area contributed by atoms with E-state index in [-0.39, 0.29) is 0 Å². The minimum Gasteiger partial charge on any atom is -0.387 e. The van der Waals surface area contributed by atoms with Gasteiger partial charge in [0.2, 0.25) is 0 Å². The Morgan fingerprint density at radius 1 is 1.36 bits per heavy atom. The van der Waals surface area contributed by atoms with Gasteiger partial charge in [-0.25, -0.2) is 0 Å². The van der Waals surface area contributed by atoms with Gasteiger partial charge in [0.1, 0.15) is 0 Å². The molecule has 0 amide bonds. The summed E-state index contributed by atoms with van der Waals surface area (Å²) in [6, 6.07) is 9.01. The first-order valence-electron chi connectivity index (χ1n) is 3.55. The van der Waals surface area contributed by atoms with Crippen LogP contribution in [0.2, 0.25) is 0 Å². The highest BCUT2D eigenvalue weighted by Crippen LogP contribution is 1.91. The van der Waals surface area contributed by atoms with E-state index in [1.807, 2.05) is 18.2 Å². The third-order valence-corrected chi connectivity index (χ3v) is 2.60. The highest BCUT2D eigenvalue weighted by Gasteiger charge is 2.14. The third kappa shape index (κ3) is 2.44. The highest BCUT2D eigenvalue weighted by molar-refractivity contribution is 6.60. The van der Waals surface area contributed by atoms with Crippen LogP contribution >= 0.6 is 0 Å². The summed E-state index contributed by atoms with van der Waals surface area (Å²) in [6.07, 6.45) is 0. The molecule has 0 aliphatic heterocycles. The van der Waals surface area contributed by atoms with E-state index in [4.69, 9.17) is 4.43 Å². The summed E-state index contributed by atoms with van der Waals surface area (Å²) >= 11 is 0. The first-order chi connectivity index (χ1) is 5.34. The molecule has 0 fully saturated rings. The zero-order valence-electron chi connectivity index (χ0n) is 6.38. The molecule has 0 saturated carbocycles. The Hall–Kier alpha value is -0.673. The second kappa shape index (κ2) is 4.26. The predicted molar refractivity (Wildman–Crippen MR) is 44.6 cm³/mol. The van der Waals surface area contributed by atoms with Crippen molar-refractivity contribution in [3.8, 4) is 0 Å². The molecule has 1 nitrogen and oxygen atoms in total. The molecule has 0 atom stereocenters. The summed E-state index contributed by atoms with van der Waals surface area (Å²) in [5.74, 6) is 0. The molecular formula is C8H10FOSi. The minimum absolute atomic E-state index is 0.444. The van der Waals surface area contributed by atoms with Gasteiger partial charge in [0.25, 0.3) is 0 Å². The topological polar surface area (TPSA) is 9.23 Å². The van der Waals surface area contributed by atoms with Gasteiger partial charge in [-0.05, 0) is 12.1 Å². The summed E-state index contributed by atoms with van der Waals surface area (Å²) in [7, 11) is -2.22. The molecule has 0 N–H and O–H groups in total. The van der Waals surface area contributed by atoms with Crippen LogP contribution in [0, 0.1) is 0 Å². The lowest BCUT2D eigenvalue weighted by Gasteiger charge is -2.02. The highest BCUT2D eigenvalue weighted by atomic mass is 28.3. The second-order valence-electron chi connectivity index (χ2n) is 2.07. The lowest BCUT2D eigenvalue weighted by atomic mass is 10.4. The van der Waals surface area contributed by atoms with Crippen LogP contribution in [-0.4, -0.2) is 16.0 Å². The van der Waals surface area contributed by atoms with Crippen molar-refractivity contribution in [2.45, 2.75) is 6.92 Å². The number of hydrogen-bond donors (Lipinski definition) is 0. The van der Waals surface area contributed by atoms with Gasteiger partial charge in [-0.15, -0.1) is 0 Å². The van der Waals surface area contributed by atoms with Gasteiger partial charge in [0, 0.05) is 6.61 Å². The molecule has 0 aliphatic carbocycles. The quantitative estimate of drug-likeness (QED) is 0.491. The average Bonchev–Trinajstić information content (AvgIpc) is 2.07. The lowest BCUT2D eigenvalue weighted by molar-refractivity contribution is 0.320. The van der Waals surface area contributed by atoms with Gasteiger partial charge >= 0.3 is 9.37 Å². The second-order valence-corrected chi connectivity index (χ2v) is 3.49. The predicted octanol–water partition coefficient (Wildman–Crippen LogP) is 1.39. The Morgan fingerprint density at radius 3 is 2.55 bits per heavy atom. The molecule has 3 heteroatoms. The van der Waals surface area contributed by atoms with Crippen molar-refractivity contribution in [1.82, 2.24) is 0 Å². The molecule has 0 saturated heterocycles. The van der Waals surface area contributed by atoms with Crippen LogP contribution in [0.25, 0.3) is 0 Å². The molecule has 1 aromatic carbocycles. The molecule has 1 radical (unpaired) electrons. The third-order valence-electron chi connectivity index (χ3n) is 1.27. The molecular weight excluding hydrogens is 159 g/mol. The maximum Gasteiger partial charge on any atom is 0.469 e. The number of hydrogen-bond acceptors (Lipinski definition) is 1. The van der Waals surface area contributed by atoms with E-state index in [0.29, 0.717) is 11.8 Å². The zero-order valence-corrected chi connectivity index (χ0v) is 7.38. The Labute approximate surface area is 67.7 Å². The van der Waals surface area contributed by atoms with Crippen molar-refractivity contribution in [2.24, 2.45) is 0 Å². The van der Waals surface area contributed by atoms with Crippen molar-refractivity contribution >= 4 is 14.6 Å². The van der Waals surface area contributed by atoms with Crippen LogP contribution in [0.4, 0.5) is 4.11 Å². The average molecular weight is 169 g/mol. The van der Waals surface area contributed by atoms with Crippen molar-refractivity contribution in [3.63, 3.8) is 0 Å². The Kier molecular flexibility index (Phi) is 3.26. The van der Waals surface area contributed by atoms with Crippen LogP contribution in [0.1, 0.15) is 6.92 Å². The van der Waals surface area contributed by atoms with Gasteiger partial charge in [-0.3, -0.25) is 4.11 Å². The van der Waals surface area contributed by atoms with Gasteiger partial charge < -0.3 is 4.43 Å². The standard InChI is InChI=1S/C8H10FOSi/c1-2-10-11(9)8-6-4-3-5-7-8/h3-7H,2H2,1H3. The fourth-order valence-electron chi connectivity index (χ4n) is 0.779. The van der Waals surface area contributed by atoms with E-state index >= 15 is 0 Å². The molecule has 0 unspecified atom stereocenters. The van der Waals surface area contributed by atoms with Crippen molar-refractivity contribution in [3.05, 3.63) is 30.3 Å². The monoisotopic (exact) mass is 169 g/mol. The first kappa shape index (κ1) is 8.42. The van der Waals surface area contributed by atoms with Crippen LogP contribution in [-0.2, 0) is 4.43 Å². The molecule has 59 valence electrons. The van der Waals surface area contributed by atoms with Gasteiger partial charge in [0.15, 0.2) is 0 Å². The summed E-state index contributed by atoms with van der Waals surface area (Å²) in [4.78, 5) is 0. The summed E-state index contributed by atoms with van der Waals surface area (Å²) < 4.78 is 17.9. The summed E-state index contributed by atoms with van der Waals surface area (Å²) in [5, 5.41) is 0.680. The minimum atomic E-state index is -2.22. The van der Waals surface area contributed by atoms with E-state index in [0.717, 1.165) is 0 Å². The number of benzene rings is 1. The molecule has 11 heavy (non-hydrogen) atoms. The molecule has 1 rings (SSSR count). The van der Waals surface area contributed by atoms with Crippen molar-refractivity contribution in [1.29, 1.82) is 0 Å². The van der Waals surface area contributed by atoms with Crippen molar-refractivity contribution < 1.29 is 8.53 Å². The largest absolute Gasteiger partial charge is 0.469 e. The SMILES string of the molecule is CCO[Si](F)c1ccccc1. The van der Waals surface area contributed by atoms with Crippen LogP contribution in [0.3, 0.4) is 0 Å². The fourth-order valence-corrected chi connectivity index (χ4v) is 1.65.